The minimum Gasteiger partial charge on any atom is -0.457 e. The van der Waals surface area contributed by atoms with Crippen molar-refractivity contribution >= 4 is 23.4 Å². The van der Waals surface area contributed by atoms with Gasteiger partial charge in [-0.05, 0) is 36.4 Å². The summed E-state index contributed by atoms with van der Waals surface area (Å²) in [7, 11) is 0. The molecule has 2 N–H and O–H groups in total. The molecule has 0 atom stereocenters. The fourth-order valence-electron chi connectivity index (χ4n) is 1.66. The smallest absolute Gasteiger partial charge is 0.234 e. The number of amides is 1. The van der Waals surface area contributed by atoms with Crippen molar-refractivity contribution < 1.29 is 14.6 Å². The first-order valence-electron chi connectivity index (χ1n) is 6.59. The van der Waals surface area contributed by atoms with Crippen LogP contribution >= 0.6 is 11.8 Å². The molecule has 0 unspecified atom stereocenters. The molecule has 0 aliphatic heterocycles. The van der Waals surface area contributed by atoms with Gasteiger partial charge in [-0.3, -0.25) is 4.79 Å². The van der Waals surface area contributed by atoms with Gasteiger partial charge in [0.05, 0.1) is 12.4 Å². The number of thioether (sulfide) groups is 1. The first-order valence-corrected chi connectivity index (χ1v) is 7.75. The molecule has 110 valence electrons. The van der Waals surface area contributed by atoms with Gasteiger partial charge in [0, 0.05) is 11.4 Å². The lowest BCUT2D eigenvalue weighted by Crippen LogP contribution is -2.14. The zero-order valence-electron chi connectivity index (χ0n) is 11.5. The highest BCUT2D eigenvalue weighted by Crippen LogP contribution is 2.22. The summed E-state index contributed by atoms with van der Waals surface area (Å²) in [4.78, 5) is 11.6. The molecule has 21 heavy (non-hydrogen) atoms. The number of benzene rings is 2. The third-order valence-electron chi connectivity index (χ3n) is 2.59. The Balaban J connectivity index is 1.85. The van der Waals surface area contributed by atoms with Crippen LogP contribution in [0.1, 0.15) is 0 Å². The predicted octanol–water partition coefficient (Wildman–Crippen LogP) is 3.14. The molecule has 1 amide bonds. The Morgan fingerprint density at radius 2 is 1.71 bits per heavy atom. The molecule has 4 nitrogen and oxygen atoms in total. The number of carbonyl (C=O) groups is 1. The molecule has 0 fully saturated rings. The summed E-state index contributed by atoms with van der Waals surface area (Å²) >= 11 is 1.40. The van der Waals surface area contributed by atoms with E-state index in [0.29, 0.717) is 17.3 Å². The Morgan fingerprint density at radius 3 is 2.38 bits per heavy atom. The van der Waals surface area contributed by atoms with Crippen LogP contribution in [0.3, 0.4) is 0 Å². The van der Waals surface area contributed by atoms with Crippen LogP contribution in [-0.4, -0.2) is 29.1 Å². The van der Waals surface area contributed by atoms with Crippen LogP contribution in [0, 0.1) is 0 Å². The van der Waals surface area contributed by atoms with Gasteiger partial charge in [-0.1, -0.05) is 18.2 Å². The van der Waals surface area contributed by atoms with E-state index >= 15 is 0 Å². The van der Waals surface area contributed by atoms with Crippen LogP contribution in [0.2, 0.25) is 0 Å². The predicted molar refractivity (Wildman–Crippen MR) is 86.0 cm³/mol. The first kappa shape index (κ1) is 15.4. The number of nitrogens with one attached hydrogen (secondary N) is 1. The zero-order valence-corrected chi connectivity index (χ0v) is 12.3. The molecule has 0 aliphatic rings. The van der Waals surface area contributed by atoms with Crippen molar-refractivity contribution in [1.82, 2.24) is 0 Å². The number of para-hydroxylation sites is 1. The Hall–Kier alpha value is -1.98. The van der Waals surface area contributed by atoms with Gasteiger partial charge in [0.25, 0.3) is 0 Å². The number of aliphatic hydroxyl groups is 1. The van der Waals surface area contributed by atoms with E-state index in [4.69, 9.17) is 9.84 Å². The standard InChI is InChI=1S/C16H17NO3S/c18-10-11-21-12-16(19)17-13-6-8-15(9-7-13)20-14-4-2-1-3-5-14/h1-9,18H,10-12H2,(H,17,19). The van der Waals surface area contributed by atoms with Gasteiger partial charge in [0.2, 0.25) is 5.91 Å². The normalized spacial score (nSPS) is 10.1. The lowest BCUT2D eigenvalue weighted by Gasteiger charge is -2.08. The lowest BCUT2D eigenvalue weighted by molar-refractivity contribution is -0.113. The Labute approximate surface area is 128 Å². The molecular formula is C16H17NO3S. The molecule has 2 aromatic rings. The van der Waals surface area contributed by atoms with Gasteiger partial charge in [0.1, 0.15) is 11.5 Å². The fraction of sp³-hybridized carbons (Fsp3) is 0.188. The molecule has 2 aromatic carbocycles. The van der Waals surface area contributed by atoms with E-state index in [2.05, 4.69) is 5.32 Å². The minimum absolute atomic E-state index is 0.0785. The van der Waals surface area contributed by atoms with E-state index < -0.39 is 0 Å². The average Bonchev–Trinajstić information content (AvgIpc) is 2.51. The first-order chi connectivity index (χ1) is 10.3. The summed E-state index contributed by atoms with van der Waals surface area (Å²) in [6, 6.07) is 16.7. The summed E-state index contributed by atoms with van der Waals surface area (Å²) in [6.07, 6.45) is 0. The Bertz CT molecular complexity index is 557. The van der Waals surface area contributed by atoms with Crippen molar-refractivity contribution in [3.63, 3.8) is 0 Å². The number of anilines is 1. The number of carbonyl (C=O) groups excluding carboxylic acids is 1. The molecule has 2 rings (SSSR count). The molecular weight excluding hydrogens is 286 g/mol. The largest absolute Gasteiger partial charge is 0.457 e. The highest BCUT2D eigenvalue weighted by atomic mass is 32.2. The molecule has 0 bridgehead atoms. The molecule has 0 aliphatic carbocycles. The maximum absolute atomic E-state index is 11.6. The van der Waals surface area contributed by atoms with E-state index in [1.807, 2.05) is 42.5 Å². The number of hydrogen-bond donors (Lipinski definition) is 2. The molecule has 0 spiro atoms. The maximum Gasteiger partial charge on any atom is 0.234 e. The van der Waals surface area contributed by atoms with Gasteiger partial charge >= 0.3 is 0 Å². The van der Waals surface area contributed by atoms with Gasteiger partial charge < -0.3 is 15.2 Å². The number of rotatable bonds is 7. The van der Waals surface area contributed by atoms with Crippen molar-refractivity contribution in [1.29, 1.82) is 0 Å². The topological polar surface area (TPSA) is 58.6 Å². The van der Waals surface area contributed by atoms with Gasteiger partial charge in [-0.15, -0.1) is 11.8 Å². The molecule has 5 heteroatoms. The zero-order chi connectivity index (χ0) is 14.9. The summed E-state index contributed by atoms with van der Waals surface area (Å²) in [5.74, 6) is 2.31. The van der Waals surface area contributed by atoms with Crippen molar-refractivity contribution in [3.8, 4) is 11.5 Å². The summed E-state index contributed by atoms with van der Waals surface area (Å²) in [6.45, 7) is 0.0868. The lowest BCUT2D eigenvalue weighted by atomic mass is 10.3. The minimum atomic E-state index is -0.0785. The second-order valence-corrected chi connectivity index (χ2v) is 5.37. The third kappa shape index (κ3) is 5.49. The summed E-state index contributed by atoms with van der Waals surface area (Å²) in [5.41, 5.74) is 0.727. The fourth-order valence-corrected chi connectivity index (χ4v) is 2.19. The summed E-state index contributed by atoms with van der Waals surface area (Å²) < 4.78 is 5.67. The number of aliphatic hydroxyl groups excluding tert-OH is 1. The van der Waals surface area contributed by atoms with Crippen LogP contribution in [0.25, 0.3) is 0 Å². The van der Waals surface area contributed by atoms with Crippen LogP contribution in [0.5, 0.6) is 11.5 Å². The van der Waals surface area contributed by atoms with E-state index in [-0.39, 0.29) is 12.5 Å². The number of ether oxygens (including phenoxy) is 1. The quantitative estimate of drug-likeness (QED) is 0.772. The molecule has 0 heterocycles. The van der Waals surface area contributed by atoms with Crippen molar-refractivity contribution in [2.75, 3.05) is 23.4 Å². The van der Waals surface area contributed by atoms with E-state index in [1.165, 1.54) is 11.8 Å². The molecule has 0 saturated heterocycles. The van der Waals surface area contributed by atoms with Crippen LogP contribution < -0.4 is 10.1 Å². The van der Waals surface area contributed by atoms with Crippen molar-refractivity contribution in [2.24, 2.45) is 0 Å². The van der Waals surface area contributed by atoms with Crippen LogP contribution in [0.4, 0.5) is 5.69 Å². The molecule has 0 radical (unpaired) electrons. The van der Waals surface area contributed by atoms with Crippen molar-refractivity contribution in [3.05, 3.63) is 54.6 Å². The highest BCUT2D eigenvalue weighted by Gasteiger charge is 2.03. The van der Waals surface area contributed by atoms with Gasteiger partial charge in [0.15, 0.2) is 0 Å². The molecule has 0 aromatic heterocycles. The SMILES string of the molecule is O=C(CSCCO)Nc1ccc(Oc2ccccc2)cc1. The Kier molecular flexibility index (Phi) is 6.12. The maximum atomic E-state index is 11.6. The van der Waals surface area contributed by atoms with E-state index in [0.717, 1.165) is 11.4 Å². The third-order valence-corrected chi connectivity index (χ3v) is 3.52. The number of hydrogen-bond acceptors (Lipinski definition) is 4. The Morgan fingerprint density at radius 1 is 1.05 bits per heavy atom. The molecule has 0 saturated carbocycles. The second-order valence-electron chi connectivity index (χ2n) is 4.26. The monoisotopic (exact) mass is 303 g/mol. The van der Waals surface area contributed by atoms with E-state index in [1.54, 1.807) is 12.1 Å². The average molecular weight is 303 g/mol. The van der Waals surface area contributed by atoms with Gasteiger partial charge in [-0.25, -0.2) is 0 Å². The second kappa shape index (κ2) is 8.34. The highest BCUT2D eigenvalue weighted by molar-refractivity contribution is 7.99. The van der Waals surface area contributed by atoms with Crippen LogP contribution in [-0.2, 0) is 4.79 Å². The summed E-state index contributed by atoms with van der Waals surface area (Å²) in [5, 5.41) is 11.4. The van der Waals surface area contributed by atoms with Crippen LogP contribution in [0.15, 0.2) is 54.6 Å². The van der Waals surface area contributed by atoms with E-state index in [9.17, 15) is 4.79 Å². The van der Waals surface area contributed by atoms with Crippen molar-refractivity contribution in [2.45, 2.75) is 0 Å². The van der Waals surface area contributed by atoms with Gasteiger partial charge in [-0.2, -0.15) is 0 Å².